The number of aromatic nitrogens is 4. The molecule has 2 aromatic heterocycles. The predicted octanol–water partition coefficient (Wildman–Crippen LogP) is 2.85. The molecule has 1 atom stereocenters. The topological polar surface area (TPSA) is 56.0 Å². The minimum absolute atomic E-state index is 0.187. The number of carbonyl (C=O) groups excluding carboxylic acids is 1. The second-order valence-electron chi connectivity index (χ2n) is 7.20. The van der Waals surface area contributed by atoms with E-state index in [0.29, 0.717) is 6.54 Å². The van der Waals surface area contributed by atoms with Crippen molar-refractivity contribution >= 4 is 16.8 Å². The van der Waals surface area contributed by atoms with E-state index in [-0.39, 0.29) is 11.9 Å². The largest absolute Gasteiger partial charge is 0.336 e. The first kappa shape index (κ1) is 16.8. The molecule has 0 spiro atoms. The molecule has 1 aliphatic rings. The van der Waals surface area contributed by atoms with Crippen LogP contribution in [0.1, 0.15) is 30.2 Å². The van der Waals surface area contributed by atoms with Crippen LogP contribution in [0, 0.1) is 20.8 Å². The van der Waals surface area contributed by atoms with Gasteiger partial charge in [0.25, 0.3) is 0 Å². The van der Waals surface area contributed by atoms with Crippen molar-refractivity contribution in [2.45, 2.75) is 52.7 Å². The third-order valence-electron chi connectivity index (χ3n) is 5.35. The van der Waals surface area contributed by atoms with Gasteiger partial charge in [0.05, 0.1) is 12.6 Å². The van der Waals surface area contributed by atoms with E-state index in [2.05, 4.69) is 39.8 Å². The fourth-order valence-electron chi connectivity index (χ4n) is 4.07. The van der Waals surface area contributed by atoms with Crippen molar-refractivity contribution in [3.63, 3.8) is 0 Å². The van der Waals surface area contributed by atoms with Crippen LogP contribution in [-0.2, 0) is 17.9 Å². The van der Waals surface area contributed by atoms with Crippen molar-refractivity contribution in [1.82, 2.24) is 24.2 Å². The molecule has 1 amide bonds. The summed E-state index contributed by atoms with van der Waals surface area (Å²) in [7, 11) is 0. The van der Waals surface area contributed by atoms with Crippen LogP contribution in [0.4, 0.5) is 0 Å². The van der Waals surface area contributed by atoms with Crippen LogP contribution in [0.25, 0.3) is 10.9 Å². The third kappa shape index (κ3) is 3.00. The molecule has 26 heavy (non-hydrogen) atoms. The molecular formula is C20H25N5O. The molecule has 1 fully saturated rings. The minimum atomic E-state index is 0.187. The Labute approximate surface area is 153 Å². The monoisotopic (exact) mass is 351 g/mol. The first-order valence-electron chi connectivity index (χ1n) is 9.25. The van der Waals surface area contributed by atoms with Crippen LogP contribution in [0.3, 0.4) is 0 Å². The number of rotatable bonds is 4. The lowest BCUT2D eigenvalue weighted by atomic mass is 10.2. The lowest BCUT2D eigenvalue weighted by molar-refractivity contribution is -0.132. The molecular weight excluding hydrogens is 326 g/mol. The molecule has 0 aliphatic carbocycles. The van der Waals surface area contributed by atoms with Crippen molar-refractivity contribution in [2.75, 3.05) is 6.54 Å². The minimum Gasteiger partial charge on any atom is -0.336 e. The van der Waals surface area contributed by atoms with Gasteiger partial charge >= 0.3 is 0 Å². The van der Waals surface area contributed by atoms with Crippen LogP contribution in [0.15, 0.2) is 30.3 Å². The number of nitrogens with zero attached hydrogens (tertiary/aromatic N) is 5. The van der Waals surface area contributed by atoms with Gasteiger partial charge in [-0.05, 0) is 51.1 Å². The number of amides is 1. The Morgan fingerprint density at radius 1 is 1.23 bits per heavy atom. The van der Waals surface area contributed by atoms with Gasteiger partial charge in [0, 0.05) is 17.8 Å². The van der Waals surface area contributed by atoms with Crippen molar-refractivity contribution in [1.29, 1.82) is 0 Å². The Bertz CT molecular complexity index is 954. The van der Waals surface area contributed by atoms with E-state index in [9.17, 15) is 4.79 Å². The quantitative estimate of drug-likeness (QED) is 0.726. The molecule has 136 valence electrons. The van der Waals surface area contributed by atoms with Gasteiger partial charge in [-0.1, -0.05) is 18.2 Å². The van der Waals surface area contributed by atoms with Gasteiger partial charge in [-0.2, -0.15) is 5.10 Å². The lowest BCUT2D eigenvalue weighted by Gasteiger charge is -2.25. The van der Waals surface area contributed by atoms with E-state index in [0.717, 1.165) is 48.8 Å². The van der Waals surface area contributed by atoms with E-state index < -0.39 is 0 Å². The Morgan fingerprint density at radius 3 is 2.81 bits per heavy atom. The number of fused-ring (bicyclic) bond motifs is 1. The predicted molar refractivity (Wildman–Crippen MR) is 101 cm³/mol. The highest BCUT2D eigenvalue weighted by Gasteiger charge is 2.30. The molecule has 1 aromatic carbocycles. The van der Waals surface area contributed by atoms with E-state index in [1.165, 1.54) is 5.39 Å². The van der Waals surface area contributed by atoms with Crippen molar-refractivity contribution in [3.05, 3.63) is 47.7 Å². The van der Waals surface area contributed by atoms with Gasteiger partial charge in [-0.3, -0.25) is 4.79 Å². The molecule has 6 nitrogen and oxygen atoms in total. The maximum absolute atomic E-state index is 13.1. The Morgan fingerprint density at radius 2 is 2.04 bits per heavy atom. The van der Waals surface area contributed by atoms with Gasteiger partial charge < -0.3 is 9.47 Å². The summed E-state index contributed by atoms with van der Waals surface area (Å²) in [4.78, 5) is 19.5. The summed E-state index contributed by atoms with van der Waals surface area (Å²) in [6.45, 7) is 7.89. The zero-order chi connectivity index (χ0) is 18.3. The summed E-state index contributed by atoms with van der Waals surface area (Å²) >= 11 is 0. The molecule has 0 unspecified atom stereocenters. The highest BCUT2D eigenvalue weighted by molar-refractivity contribution is 5.84. The number of hydrogen-bond acceptors (Lipinski definition) is 3. The van der Waals surface area contributed by atoms with E-state index in [1.54, 1.807) is 0 Å². The zero-order valence-electron chi connectivity index (χ0n) is 15.6. The second kappa shape index (κ2) is 6.59. The molecule has 6 heteroatoms. The van der Waals surface area contributed by atoms with E-state index in [4.69, 9.17) is 0 Å². The average Bonchev–Trinajstić information content (AvgIpc) is 3.27. The van der Waals surface area contributed by atoms with Gasteiger partial charge in [0.2, 0.25) is 5.91 Å². The molecule has 3 aromatic rings. The molecule has 0 N–H and O–H groups in total. The van der Waals surface area contributed by atoms with E-state index >= 15 is 0 Å². The zero-order valence-corrected chi connectivity index (χ0v) is 15.6. The summed E-state index contributed by atoms with van der Waals surface area (Å²) in [5.74, 6) is 1.88. The average molecular weight is 351 g/mol. The van der Waals surface area contributed by atoms with Gasteiger partial charge in [0.15, 0.2) is 0 Å². The Balaban J connectivity index is 1.53. The van der Waals surface area contributed by atoms with Crippen molar-refractivity contribution in [3.8, 4) is 0 Å². The van der Waals surface area contributed by atoms with Crippen molar-refractivity contribution in [2.24, 2.45) is 0 Å². The number of carbonyl (C=O) groups is 1. The lowest BCUT2D eigenvalue weighted by Crippen LogP contribution is -2.40. The molecule has 0 bridgehead atoms. The molecule has 0 saturated carbocycles. The van der Waals surface area contributed by atoms with Gasteiger partial charge in [-0.25, -0.2) is 9.67 Å². The van der Waals surface area contributed by atoms with Crippen molar-refractivity contribution < 1.29 is 4.79 Å². The molecule has 4 rings (SSSR count). The maximum Gasteiger partial charge on any atom is 0.242 e. The van der Waals surface area contributed by atoms with Gasteiger partial charge in [-0.15, -0.1) is 0 Å². The van der Waals surface area contributed by atoms with Crippen LogP contribution >= 0.6 is 0 Å². The maximum atomic E-state index is 13.1. The normalized spacial score (nSPS) is 17.3. The summed E-state index contributed by atoms with van der Waals surface area (Å²) in [5, 5.41) is 5.65. The summed E-state index contributed by atoms with van der Waals surface area (Å²) in [6, 6.07) is 10.6. The smallest absolute Gasteiger partial charge is 0.242 e. The summed E-state index contributed by atoms with van der Waals surface area (Å²) in [5.41, 5.74) is 2.25. The van der Waals surface area contributed by atoms with Gasteiger partial charge in [0.1, 0.15) is 18.2 Å². The number of hydrogen-bond donors (Lipinski definition) is 0. The number of likely N-dealkylation sites (tertiary alicyclic amines) is 1. The van der Waals surface area contributed by atoms with Crippen LogP contribution in [0.5, 0.6) is 0 Å². The van der Waals surface area contributed by atoms with E-state index in [1.807, 2.05) is 35.6 Å². The number of benzene rings is 1. The Kier molecular flexibility index (Phi) is 4.26. The second-order valence-corrected chi connectivity index (χ2v) is 7.20. The highest BCUT2D eigenvalue weighted by atomic mass is 16.2. The molecule has 3 heterocycles. The molecule has 1 saturated heterocycles. The highest BCUT2D eigenvalue weighted by Crippen LogP contribution is 2.23. The fraction of sp³-hybridized carbons (Fsp3) is 0.450. The Hall–Kier alpha value is -2.63. The fourth-order valence-corrected chi connectivity index (χ4v) is 4.07. The summed E-state index contributed by atoms with van der Waals surface area (Å²) < 4.78 is 4.06. The third-order valence-corrected chi connectivity index (χ3v) is 5.35. The standard InChI is InChI=1S/C20H25N5O/c1-14-11-17-7-4-5-9-19(17)24(14)13-20(26)23-10-6-8-18(23)12-25-16(3)21-15(2)22-25/h4-5,7,9,11,18H,6,8,10,12-13H2,1-3H3/t18-/m0/s1. The number of para-hydroxylation sites is 1. The van der Waals surface area contributed by atoms with Crippen LogP contribution < -0.4 is 0 Å². The van der Waals surface area contributed by atoms with Crippen LogP contribution in [0.2, 0.25) is 0 Å². The SMILES string of the molecule is Cc1nc(C)n(C[C@@H]2CCCN2C(=O)Cn2c(C)cc3ccccc32)n1. The first-order chi connectivity index (χ1) is 12.5. The molecule has 1 aliphatic heterocycles. The molecule has 0 radical (unpaired) electrons. The summed E-state index contributed by atoms with van der Waals surface area (Å²) in [6.07, 6.45) is 2.07. The number of aryl methyl sites for hydroxylation is 3. The first-order valence-corrected chi connectivity index (χ1v) is 9.25. The van der Waals surface area contributed by atoms with Crippen LogP contribution in [-0.4, -0.2) is 42.7 Å².